The highest BCUT2D eigenvalue weighted by Crippen LogP contribution is 2.21. The van der Waals surface area contributed by atoms with Crippen LogP contribution in [0.3, 0.4) is 0 Å². The van der Waals surface area contributed by atoms with Gasteiger partial charge in [0.15, 0.2) is 0 Å². The van der Waals surface area contributed by atoms with Crippen LogP contribution in [-0.4, -0.2) is 62.0 Å². The fourth-order valence-corrected chi connectivity index (χ4v) is 4.85. The number of anilines is 1. The maximum absolute atomic E-state index is 12.6. The van der Waals surface area contributed by atoms with Gasteiger partial charge in [0.25, 0.3) is 5.69 Å². The van der Waals surface area contributed by atoms with Gasteiger partial charge in [-0.15, -0.1) is 0 Å². The average Bonchev–Trinajstić information content (AvgIpc) is 2.74. The lowest BCUT2D eigenvalue weighted by Gasteiger charge is -2.35. The van der Waals surface area contributed by atoms with Crippen molar-refractivity contribution in [1.82, 2.24) is 9.62 Å². The van der Waals surface area contributed by atoms with E-state index >= 15 is 0 Å². The Bertz CT molecular complexity index is 1040. The Hall–Kier alpha value is -2.69. The van der Waals surface area contributed by atoms with E-state index in [9.17, 15) is 23.3 Å². The molecular formula is C20H23ClN4O5S. The van der Waals surface area contributed by atoms with E-state index in [1.54, 1.807) is 6.07 Å². The number of nitro benzene ring substituents is 1. The summed E-state index contributed by atoms with van der Waals surface area (Å²) in [5.74, 6) is -0.522. The third-order valence-corrected chi connectivity index (χ3v) is 7.11. The van der Waals surface area contributed by atoms with Crippen LogP contribution in [-0.2, 0) is 21.2 Å². The minimum absolute atomic E-state index is 0.00263. The van der Waals surface area contributed by atoms with Gasteiger partial charge in [-0.25, -0.2) is 8.42 Å². The molecule has 166 valence electrons. The molecule has 1 N–H and O–H groups in total. The first-order valence-electron chi connectivity index (χ1n) is 9.73. The molecule has 0 unspecified atom stereocenters. The third kappa shape index (κ3) is 6.39. The van der Waals surface area contributed by atoms with Crippen LogP contribution in [0.4, 0.5) is 11.4 Å². The van der Waals surface area contributed by atoms with Gasteiger partial charge >= 0.3 is 0 Å². The van der Waals surface area contributed by atoms with Gasteiger partial charge in [-0.2, -0.15) is 4.31 Å². The second kappa shape index (κ2) is 10.1. The number of rotatable bonds is 8. The lowest BCUT2D eigenvalue weighted by atomic mass is 10.1. The molecule has 31 heavy (non-hydrogen) atoms. The van der Waals surface area contributed by atoms with E-state index in [4.69, 9.17) is 11.6 Å². The van der Waals surface area contributed by atoms with Crippen molar-refractivity contribution < 1.29 is 18.1 Å². The molecule has 0 saturated carbocycles. The average molecular weight is 467 g/mol. The quantitative estimate of drug-likeness (QED) is 0.470. The summed E-state index contributed by atoms with van der Waals surface area (Å²) in [5.41, 5.74) is 1.52. The highest BCUT2D eigenvalue weighted by Gasteiger charge is 2.27. The monoisotopic (exact) mass is 466 g/mol. The first-order chi connectivity index (χ1) is 14.7. The van der Waals surface area contributed by atoms with Crippen LogP contribution >= 0.6 is 11.6 Å². The molecule has 1 aliphatic rings. The zero-order valence-electron chi connectivity index (χ0n) is 16.7. The van der Waals surface area contributed by atoms with Gasteiger partial charge in [0.2, 0.25) is 15.9 Å². The van der Waals surface area contributed by atoms with Crippen molar-refractivity contribution in [2.24, 2.45) is 0 Å². The predicted octanol–water partition coefficient (Wildman–Crippen LogP) is 2.06. The summed E-state index contributed by atoms with van der Waals surface area (Å²) in [4.78, 5) is 24.3. The molecule has 0 atom stereocenters. The van der Waals surface area contributed by atoms with E-state index in [1.807, 2.05) is 18.2 Å². The molecule has 11 heteroatoms. The molecule has 1 heterocycles. The Morgan fingerprint density at radius 3 is 2.39 bits per heavy atom. The molecule has 0 aliphatic carbocycles. The maximum Gasteiger partial charge on any atom is 0.269 e. The number of carbonyl (C=O) groups excluding carboxylic acids is 1. The van der Waals surface area contributed by atoms with Crippen LogP contribution in [0.15, 0.2) is 48.5 Å². The number of piperazine rings is 1. The van der Waals surface area contributed by atoms with Gasteiger partial charge in [-0.3, -0.25) is 14.9 Å². The highest BCUT2D eigenvalue weighted by molar-refractivity contribution is 7.89. The topological polar surface area (TPSA) is 113 Å². The van der Waals surface area contributed by atoms with Gasteiger partial charge < -0.3 is 10.2 Å². The number of benzene rings is 2. The molecule has 1 amide bonds. The Balaban J connectivity index is 1.43. The van der Waals surface area contributed by atoms with Crippen LogP contribution in [0.25, 0.3) is 0 Å². The van der Waals surface area contributed by atoms with Crippen molar-refractivity contribution in [1.29, 1.82) is 0 Å². The summed E-state index contributed by atoms with van der Waals surface area (Å²) in [6.45, 7) is 1.86. The number of sulfonamides is 1. The van der Waals surface area contributed by atoms with Crippen molar-refractivity contribution in [3.8, 4) is 0 Å². The van der Waals surface area contributed by atoms with E-state index in [0.29, 0.717) is 36.8 Å². The number of nitro groups is 1. The van der Waals surface area contributed by atoms with E-state index in [-0.39, 0.29) is 30.3 Å². The Labute approximate surface area is 185 Å². The number of non-ortho nitro benzene ring substituents is 1. The lowest BCUT2D eigenvalue weighted by molar-refractivity contribution is -0.384. The number of amides is 1. The van der Waals surface area contributed by atoms with Crippen LogP contribution < -0.4 is 10.2 Å². The van der Waals surface area contributed by atoms with Crippen molar-refractivity contribution in [3.05, 3.63) is 69.2 Å². The minimum atomic E-state index is -3.49. The van der Waals surface area contributed by atoms with E-state index in [0.717, 1.165) is 5.69 Å². The molecule has 9 nitrogen and oxygen atoms in total. The smallest absolute Gasteiger partial charge is 0.269 e. The summed E-state index contributed by atoms with van der Waals surface area (Å²) in [6.07, 6.45) is 0.0242. The second-order valence-electron chi connectivity index (χ2n) is 7.13. The van der Waals surface area contributed by atoms with E-state index in [2.05, 4.69) is 10.2 Å². The molecule has 3 rings (SSSR count). The van der Waals surface area contributed by atoms with Gasteiger partial charge in [0.05, 0.1) is 17.1 Å². The number of hydrogen-bond acceptors (Lipinski definition) is 6. The molecule has 2 aromatic carbocycles. The van der Waals surface area contributed by atoms with Gasteiger partial charge in [0.1, 0.15) is 0 Å². The number of nitrogens with one attached hydrogen (secondary N) is 1. The molecule has 1 saturated heterocycles. The van der Waals surface area contributed by atoms with Gasteiger partial charge in [-0.1, -0.05) is 29.8 Å². The lowest BCUT2D eigenvalue weighted by Crippen LogP contribution is -2.50. The summed E-state index contributed by atoms with van der Waals surface area (Å²) in [5, 5.41) is 13.9. The predicted molar refractivity (Wildman–Crippen MR) is 119 cm³/mol. The van der Waals surface area contributed by atoms with Crippen molar-refractivity contribution >= 4 is 38.9 Å². The van der Waals surface area contributed by atoms with Gasteiger partial charge in [0, 0.05) is 55.6 Å². The zero-order valence-corrected chi connectivity index (χ0v) is 18.3. The maximum atomic E-state index is 12.6. The Morgan fingerprint density at radius 1 is 1.10 bits per heavy atom. The normalized spacial score (nSPS) is 14.9. The van der Waals surface area contributed by atoms with Crippen molar-refractivity contribution in [2.75, 3.05) is 43.4 Å². The molecule has 0 radical (unpaired) electrons. The van der Waals surface area contributed by atoms with Crippen molar-refractivity contribution in [3.63, 3.8) is 0 Å². The Kier molecular flexibility index (Phi) is 7.47. The first kappa shape index (κ1) is 23.0. The summed E-state index contributed by atoms with van der Waals surface area (Å²) < 4.78 is 26.6. The zero-order chi connectivity index (χ0) is 22.4. The molecule has 1 aliphatic heterocycles. The summed E-state index contributed by atoms with van der Waals surface area (Å²) >= 11 is 6.02. The van der Waals surface area contributed by atoms with Gasteiger partial charge in [-0.05, 0) is 23.8 Å². The number of hydrogen-bond donors (Lipinski definition) is 1. The molecule has 1 fully saturated rings. The molecule has 0 spiro atoms. The molecule has 2 aromatic rings. The van der Waals surface area contributed by atoms with Crippen LogP contribution in [0, 0.1) is 10.1 Å². The highest BCUT2D eigenvalue weighted by atomic mass is 35.5. The summed E-state index contributed by atoms with van der Waals surface area (Å²) in [7, 11) is -3.49. The number of carbonyl (C=O) groups is 1. The molecule has 0 aromatic heterocycles. The van der Waals surface area contributed by atoms with Crippen LogP contribution in [0.2, 0.25) is 5.02 Å². The minimum Gasteiger partial charge on any atom is -0.369 e. The molecule has 0 bridgehead atoms. The Morgan fingerprint density at radius 2 is 1.77 bits per heavy atom. The summed E-state index contributed by atoms with van der Waals surface area (Å²) in [6, 6.07) is 13.1. The fraction of sp³-hybridized carbons (Fsp3) is 0.350. The molecular weight excluding hydrogens is 444 g/mol. The standard InChI is InChI=1S/C20H23ClN4O5S/c21-17-2-1-3-19(15-17)23-9-11-24(12-10-23)31(29,30)13-8-22-20(26)14-16-4-6-18(7-5-16)25(27)28/h1-7,15H,8-14H2,(H,22,26). The fourth-order valence-electron chi connectivity index (χ4n) is 3.33. The second-order valence-corrected chi connectivity index (χ2v) is 9.66. The largest absolute Gasteiger partial charge is 0.369 e. The van der Waals surface area contributed by atoms with E-state index < -0.39 is 14.9 Å². The number of halogens is 1. The SMILES string of the molecule is O=C(Cc1ccc([N+](=O)[O-])cc1)NCCS(=O)(=O)N1CCN(c2cccc(Cl)c2)CC1. The van der Waals surface area contributed by atoms with E-state index in [1.165, 1.54) is 28.6 Å². The number of nitrogens with zero attached hydrogens (tertiary/aromatic N) is 3. The first-order valence-corrected chi connectivity index (χ1v) is 11.7. The van der Waals surface area contributed by atoms with Crippen LogP contribution in [0.1, 0.15) is 5.56 Å². The van der Waals surface area contributed by atoms with Crippen molar-refractivity contribution in [2.45, 2.75) is 6.42 Å². The third-order valence-electron chi connectivity index (χ3n) is 5.00. The van der Waals surface area contributed by atoms with Crippen LogP contribution in [0.5, 0.6) is 0 Å².